The quantitative estimate of drug-likeness (QED) is 0.587. The summed E-state index contributed by atoms with van der Waals surface area (Å²) in [7, 11) is 2.43. The second kappa shape index (κ2) is 11.5. The smallest absolute Gasteiger partial charge is 0.359 e. The van der Waals surface area contributed by atoms with Crippen LogP contribution in [0.1, 0.15) is 19.3 Å². The lowest BCUT2D eigenvalue weighted by Crippen LogP contribution is -2.43. The fourth-order valence-corrected chi connectivity index (χ4v) is 3.65. The first-order chi connectivity index (χ1) is 15.9. The maximum absolute atomic E-state index is 12.8. The van der Waals surface area contributed by atoms with Crippen LogP contribution in [0.15, 0.2) is 42.6 Å². The first-order valence-corrected chi connectivity index (χ1v) is 10.7. The van der Waals surface area contributed by atoms with Gasteiger partial charge in [0.1, 0.15) is 6.04 Å². The van der Waals surface area contributed by atoms with Crippen LogP contribution in [0.4, 0.5) is 18.9 Å². The zero-order chi connectivity index (χ0) is 25.5. The van der Waals surface area contributed by atoms with E-state index in [1.165, 1.54) is 16.8 Å². The van der Waals surface area contributed by atoms with Crippen LogP contribution < -0.4 is 5.32 Å². The average Bonchev–Trinajstić information content (AvgIpc) is 3.23. The number of amides is 3. The Hall–Kier alpha value is -3.55. The van der Waals surface area contributed by atoms with Gasteiger partial charge >= 0.3 is 12.1 Å². The van der Waals surface area contributed by atoms with Crippen LogP contribution in [0.2, 0.25) is 0 Å². The van der Waals surface area contributed by atoms with Gasteiger partial charge < -0.3 is 20.0 Å². The van der Waals surface area contributed by atoms with E-state index in [1.807, 2.05) is 30.3 Å². The van der Waals surface area contributed by atoms with E-state index in [-0.39, 0.29) is 38.4 Å². The summed E-state index contributed by atoms with van der Waals surface area (Å²) in [6.45, 7) is 3.81. The zero-order valence-electron chi connectivity index (χ0n) is 19.1. The van der Waals surface area contributed by atoms with E-state index in [4.69, 9.17) is 0 Å². The van der Waals surface area contributed by atoms with E-state index >= 15 is 0 Å². The van der Waals surface area contributed by atoms with Crippen LogP contribution in [-0.2, 0) is 14.4 Å². The molecule has 11 heteroatoms. The highest BCUT2D eigenvalue weighted by atomic mass is 19.4. The molecule has 1 saturated heterocycles. The van der Waals surface area contributed by atoms with Gasteiger partial charge in [-0.1, -0.05) is 24.8 Å². The Bertz CT molecular complexity index is 945. The number of halogens is 3. The number of para-hydroxylation sites is 1. The van der Waals surface area contributed by atoms with E-state index in [2.05, 4.69) is 18.0 Å². The molecular formula is C23H28F3N5O3. The third-order valence-corrected chi connectivity index (χ3v) is 5.61. The molecule has 0 bridgehead atoms. The van der Waals surface area contributed by atoms with Crippen LogP contribution in [0.5, 0.6) is 0 Å². The summed E-state index contributed by atoms with van der Waals surface area (Å²) < 4.78 is 37.2. The average molecular weight is 480 g/mol. The number of anilines is 1. The number of carbonyl (C=O) groups is 3. The summed E-state index contributed by atoms with van der Waals surface area (Å²) in [5, 5.41) is 12.7. The molecule has 1 aliphatic heterocycles. The molecule has 8 nitrogen and oxygen atoms in total. The molecule has 0 spiro atoms. The number of likely N-dealkylation sites (tertiary alicyclic amines) is 1. The molecule has 1 aromatic carbocycles. The SMILES string of the molecule is C=C(Nc1ccccc1)C1CC(C#N)N(C(=O)CN(C)C(=O)CCCN(C)C(=O)C(F)(F)F)C1. The van der Waals surface area contributed by atoms with Gasteiger partial charge in [-0.15, -0.1) is 0 Å². The van der Waals surface area contributed by atoms with Crippen molar-refractivity contribution in [2.24, 2.45) is 5.92 Å². The molecule has 0 aromatic heterocycles. The lowest BCUT2D eigenvalue weighted by Gasteiger charge is -2.24. The molecule has 2 rings (SSSR count). The van der Waals surface area contributed by atoms with Gasteiger partial charge in [-0.25, -0.2) is 0 Å². The van der Waals surface area contributed by atoms with E-state index < -0.39 is 29.9 Å². The molecular weight excluding hydrogens is 451 g/mol. The molecule has 0 saturated carbocycles. The van der Waals surface area contributed by atoms with Gasteiger partial charge in [-0.05, 0) is 25.0 Å². The fourth-order valence-electron chi connectivity index (χ4n) is 3.65. The zero-order valence-corrected chi connectivity index (χ0v) is 19.1. The Labute approximate surface area is 196 Å². The fraction of sp³-hybridized carbons (Fsp3) is 0.478. The highest BCUT2D eigenvalue weighted by Gasteiger charge is 2.41. The Morgan fingerprint density at radius 3 is 2.44 bits per heavy atom. The number of carbonyl (C=O) groups excluding carboxylic acids is 3. The number of hydrogen-bond acceptors (Lipinski definition) is 5. The van der Waals surface area contributed by atoms with Crippen molar-refractivity contribution in [1.29, 1.82) is 5.26 Å². The largest absolute Gasteiger partial charge is 0.471 e. The normalized spacial score (nSPS) is 17.6. The van der Waals surface area contributed by atoms with Crippen molar-refractivity contribution in [3.8, 4) is 6.07 Å². The highest BCUT2D eigenvalue weighted by molar-refractivity contribution is 5.85. The predicted molar refractivity (Wildman–Crippen MR) is 119 cm³/mol. The standard InChI is InChI=1S/C23H28F3N5O3/c1-16(28-18-8-5-4-6-9-18)17-12-19(13-27)31(14-17)21(33)15-30(3)20(32)10-7-11-29(2)22(34)23(24,25)26/h4-6,8-9,17,19,28H,1,7,10-12,14-15H2,2-3H3. The van der Waals surface area contributed by atoms with Gasteiger partial charge in [-0.2, -0.15) is 18.4 Å². The van der Waals surface area contributed by atoms with Gasteiger partial charge in [0.05, 0.1) is 12.6 Å². The Morgan fingerprint density at radius 2 is 1.85 bits per heavy atom. The topological polar surface area (TPSA) is 96.8 Å². The maximum Gasteiger partial charge on any atom is 0.471 e. The van der Waals surface area contributed by atoms with E-state index in [1.54, 1.807) is 0 Å². The van der Waals surface area contributed by atoms with Crippen molar-refractivity contribution in [2.75, 3.05) is 39.0 Å². The molecule has 2 unspecified atom stereocenters. The van der Waals surface area contributed by atoms with Gasteiger partial charge in [0.15, 0.2) is 0 Å². The number of nitriles is 1. The minimum absolute atomic E-state index is 0.0211. The number of nitrogens with zero attached hydrogens (tertiary/aromatic N) is 4. The van der Waals surface area contributed by atoms with Crippen molar-refractivity contribution in [1.82, 2.24) is 14.7 Å². The third-order valence-electron chi connectivity index (χ3n) is 5.61. The van der Waals surface area contributed by atoms with Crippen LogP contribution in [0.3, 0.4) is 0 Å². The molecule has 3 amide bonds. The van der Waals surface area contributed by atoms with Crippen molar-refractivity contribution in [2.45, 2.75) is 31.5 Å². The minimum atomic E-state index is -4.96. The Balaban J connectivity index is 1.85. The van der Waals surface area contributed by atoms with Gasteiger partial charge in [0, 0.05) is 50.9 Å². The van der Waals surface area contributed by atoms with Crippen molar-refractivity contribution in [3.63, 3.8) is 0 Å². The van der Waals surface area contributed by atoms with E-state index in [0.717, 1.165) is 12.7 Å². The number of nitrogens with one attached hydrogen (secondary N) is 1. The number of rotatable bonds is 9. The summed E-state index contributed by atoms with van der Waals surface area (Å²) in [5.74, 6) is -2.96. The number of likely N-dealkylation sites (N-methyl/N-ethyl adjacent to an activating group) is 1. The number of benzene rings is 1. The molecule has 2 atom stereocenters. The summed E-state index contributed by atoms with van der Waals surface area (Å²) in [6.07, 6.45) is -4.65. The summed E-state index contributed by atoms with van der Waals surface area (Å²) in [5.41, 5.74) is 1.53. The van der Waals surface area contributed by atoms with Crippen LogP contribution in [0, 0.1) is 17.2 Å². The van der Waals surface area contributed by atoms with Crippen molar-refractivity contribution < 1.29 is 27.6 Å². The van der Waals surface area contributed by atoms with Crippen LogP contribution in [0.25, 0.3) is 0 Å². The van der Waals surface area contributed by atoms with Gasteiger partial charge in [-0.3, -0.25) is 14.4 Å². The summed E-state index contributed by atoms with van der Waals surface area (Å²) in [4.78, 5) is 39.3. The summed E-state index contributed by atoms with van der Waals surface area (Å²) >= 11 is 0. The molecule has 1 aromatic rings. The Morgan fingerprint density at radius 1 is 1.21 bits per heavy atom. The third kappa shape index (κ3) is 7.23. The highest BCUT2D eigenvalue weighted by Crippen LogP contribution is 2.29. The maximum atomic E-state index is 12.8. The molecule has 1 aliphatic rings. The van der Waals surface area contributed by atoms with E-state index in [0.29, 0.717) is 17.0 Å². The molecule has 0 aliphatic carbocycles. The van der Waals surface area contributed by atoms with Gasteiger partial charge in [0.25, 0.3) is 0 Å². The predicted octanol–water partition coefficient (Wildman–Crippen LogP) is 2.61. The van der Waals surface area contributed by atoms with Crippen LogP contribution in [-0.4, -0.2) is 78.4 Å². The van der Waals surface area contributed by atoms with Crippen LogP contribution >= 0.6 is 0 Å². The molecule has 0 radical (unpaired) electrons. The van der Waals surface area contributed by atoms with E-state index in [9.17, 15) is 32.8 Å². The van der Waals surface area contributed by atoms with Gasteiger partial charge in [0.2, 0.25) is 11.8 Å². The van der Waals surface area contributed by atoms with Crippen molar-refractivity contribution in [3.05, 3.63) is 42.6 Å². The second-order valence-electron chi connectivity index (χ2n) is 8.22. The number of hydrogen-bond donors (Lipinski definition) is 1. The summed E-state index contributed by atoms with van der Waals surface area (Å²) in [6, 6.07) is 10.8. The second-order valence-corrected chi connectivity index (χ2v) is 8.22. The lowest BCUT2D eigenvalue weighted by atomic mass is 10.0. The minimum Gasteiger partial charge on any atom is -0.359 e. The molecule has 34 heavy (non-hydrogen) atoms. The lowest BCUT2D eigenvalue weighted by molar-refractivity contribution is -0.184. The number of alkyl halides is 3. The molecule has 184 valence electrons. The molecule has 1 fully saturated rings. The molecule has 1 heterocycles. The Kier molecular flexibility index (Phi) is 9.06. The molecule has 1 N–H and O–H groups in total. The van der Waals surface area contributed by atoms with Crippen molar-refractivity contribution >= 4 is 23.4 Å². The first-order valence-electron chi connectivity index (χ1n) is 10.7. The first kappa shape index (κ1) is 26.7. The monoisotopic (exact) mass is 479 g/mol.